The molecule has 0 atom stereocenters. The fraction of sp³-hybridized carbons (Fsp3) is 0.375. The summed E-state index contributed by atoms with van der Waals surface area (Å²) in [5.74, 6) is 0.467. The molecule has 0 aliphatic carbocycles. The highest BCUT2D eigenvalue weighted by atomic mass is 32.2. The number of rotatable bonds is 2. The molecular weight excluding hydrogens is 161 g/mol. The van der Waals surface area contributed by atoms with E-state index >= 15 is 0 Å². The van der Waals surface area contributed by atoms with Crippen LogP contribution >= 0.6 is 11.8 Å². The van der Waals surface area contributed by atoms with Crippen molar-refractivity contribution in [2.24, 2.45) is 0 Å². The van der Waals surface area contributed by atoms with Crippen LogP contribution in [0.5, 0.6) is 0 Å². The second-order valence-corrected chi connectivity index (χ2v) is 3.24. The van der Waals surface area contributed by atoms with E-state index in [9.17, 15) is 4.39 Å². The maximum Gasteiger partial charge on any atom is 0.213 e. The average Bonchev–Trinajstić information content (AvgIpc) is 1.85. The standard InChI is InChI=1S/C8H10FNS/c1-6-3-7(5-11-2)4-8(9)10-6/h3-4H,5H2,1-2H3. The van der Waals surface area contributed by atoms with Crippen molar-refractivity contribution in [3.63, 3.8) is 0 Å². The predicted octanol–water partition coefficient (Wildman–Crippen LogP) is 2.39. The van der Waals surface area contributed by atoms with Crippen molar-refractivity contribution < 1.29 is 4.39 Å². The van der Waals surface area contributed by atoms with Crippen LogP contribution in [0.25, 0.3) is 0 Å². The summed E-state index contributed by atoms with van der Waals surface area (Å²) in [5, 5.41) is 0. The minimum Gasteiger partial charge on any atom is -0.225 e. The minimum atomic E-state index is -0.381. The number of hydrogen-bond donors (Lipinski definition) is 0. The SMILES string of the molecule is CSCc1cc(C)nc(F)c1. The van der Waals surface area contributed by atoms with Gasteiger partial charge in [0, 0.05) is 11.4 Å². The molecule has 11 heavy (non-hydrogen) atoms. The first-order valence-corrected chi connectivity index (χ1v) is 4.74. The van der Waals surface area contributed by atoms with Crippen LogP contribution < -0.4 is 0 Å². The Balaban J connectivity index is 2.89. The molecule has 1 heterocycles. The fourth-order valence-corrected chi connectivity index (χ4v) is 1.45. The van der Waals surface area contributed by atoms with Gasteiger partial charge in [0.25, 0.3) is 0 Å². The number of thioether (sulfide) groups is 1. The molecule has 0 aliphatic heterocycles. The summed E-state index contributed by atoms with van der Waals surface area (Å²) in [6.45, 7) is 1.80. The van der Waals surface area contributed by atoms with Gasteiger partial charge in [-0.3, -0.25) is 0 Å². The molecule has 0 N–H and O–H groups in total. The highest BCUT2D eigenvalue weighted by Crippen LogP contribution is 2.10. The third kappa shape index (κ3) is 2.50. The van der Waals surface area contributed by atoms with Gasteiger partial charge >= 0.3 is 0 Å². The van der Waals surface area contributed by atoms with E-state index in [2.05, 4.69) is 4.98 Å². The third-order valence-electron chi connectivity index (χ3n) is 1.29. The zero-order chi connectivity index (χ0) is 8.27. The molecule has 1 aromatic rings. The number of aryl methyl sites for hydroxylation is 1. The normalized spacial score (nSPS) is 10.1. The van der Waals surface area contributed by atoms with Crippen molar-refractivity contribution in [1.29, 1.82) is 0 Å². The number of nitrogens with zero attached hydrogens (tertiary/aromatic N) is 1. The average molecular weight is 171 g/mol. The zero-order valence-electron chi connectivity index (χ0n) is 6.60. The maximum absolute atomic E-state index is 12.6. The van der Waals surface area contributed by atoms with Crippen LogP contribution in [0.15, 0.2) is 12.1 Å². The van der Waals surface area contributed by atoms with Gasteiger partial charge in [0.05, 0.1) is 0 Å². The topological polar surface area (TPSA) is 12.9 Å². The van der Waals surface area contributed by atoms with Crippen LogP contribution in [0.4, 0.5) is 4.39 Å². The molecule has 3 heteroatoms. The zero-order valence-corrected chi connectivity index (χ0v) is 7.41. The smallest absolute Gasteiger partial charge is 0.213 e. The van der Waals surface area contributed by atoms with Crippen molar-refractivity contribution >= 4 is 11.8 Å². The van der Waals surface area contributed by atoms with E-state index in [1.54, 1.807) is 18.7 Å². The van der Waals surface area contributed by atoms with Gasteiger partial charge in [0.15, 0.2) is 0 Å². The predicted molar refractivity (Wildman–Crippen MR) is 46.2 cm³/mol. The quantitative estimate of drug-likeness (QED) is 0.634. The van der Waals surface area contributed by atoms with Gasteiger partial charge in [-0.2, -0.15) is 16.2 Å². The van der Waals surface area contributed by atoms with E-state index in [4.69, 9.17) is 0 Å². The van der Waals surface area contributed by atoms with Crippen LogP contribution in [-0.4, -0.2) is 11.2 Å². The van der Waals surface area contributed by atoms with Crippen LogP contribution in [0, 0.1) is 12.9 Å². The number of pyridine rings is 1. The Labute approximate surface area is 70.0 Å². The molecule has 0 radical (unpaired) electrons. The largest absolute Gasteiger partial charge is 0.225 e. The van der Waals surface area contributed by atoms with Crippen LogP contribution in [0.1, 0.15) is 11.3 Å². The summed E-state index contributed by atoms with van der Waals surface area (Å²) in [7, 11) is 0. The molecule has 0 aliphatic rings. The molecule has 0 amide bonds. The lowest BCUT2D eigenvalue weighted by Gasteiger charge is -1.99. The van der Waals surface area contributed by atoms with Crippen LogP contribution in [0.3, 0.4) is 0 Å². The summed E-state index contributed by atoms with van der Waals surface area (Å²) < 4.78 is 12.6. The van der Waals surface area contributed by atoms with Gasteiger partial charge in [0.2, 0.25) is 5.95 Å². The Morgan fingerprint density at radius 2 is 2.27 bits per heavy atom. The van der Waals surface area contributed by atoms with Crippen molar-refractivity contribution in [1.82, 2.24) is 4.98 Å². The van der Waals surface area contributed by atoms with Crippen molar-refractivity contribution in [3.8, 4) is 0 Å². The molecule has 0 saturated heterocycles. The van der Waals surface area contributed by atoms with Gasteiger partial charge in [-0.1, -0.05) is 0 Å². The number of aromatic nitrogens is 1. The summed E-state index contributed by atoms with van der Waals surface area (Å²) in [4.78, 5) is 3.64. The molecule has 0 fully saturated rings. The highest BCUT2D eigenvalue weighted by Gasteiger charge is 1.97. The Hall–Kier alpha value is -0.570. The van der Waals surface area contributed by atoms with E-state index < -0.39 is 0 Å². The second kappa shape index (κ2) is 3.72. The van der Waals surface area contributed by atoms with Crippen LogP contribution in [0.2, 0.25) is 0 Å². The summed E-state index contributed by atoms with van der Waals surface area (Å²) in [6.07, 6.45) is 1.99. The van der Waals surface area contributed by atoms with Gasteiger partial charge in [-0.15, -0.1) is 0 Å². The first kappa shape index (κ1) is 8.53. The number of halogens is 1. The molecule has 0 saturated carbocycles. The molecule has 0 unspecified atom stereocenters. The van der Waals surface area contributed by atoms with E-state index in [0.29, 0.717) is 0 Å². The fourth-order valence-electron chi connectivity index (χ4n) is 0.946. The Morgan fingerprint density at radius 1 is 1.55 bits per heavy atom. The summed E-state index contributed by atoms with van der Waals surface area (Å²) in [6, 6.07) is 3.38. The Morgan fingerprint density at radius 3 is 2.82 bits per heavy atom. The molecular formula is C8H10FNS. The van der Waals surface area contributed by atoms with Crippen molar-refractivity contribution in [3.05, 3.63) is 29.3 Å². The Kier molecular flexibility index (Phi) is 2.88. The second-order valence-electron chi connectivity index (χ2n) is 2.37. The monoisotopic (exact) mass is 171 g/mol. The molecule has 1 aromatic heterocycles. The maximum atomic E-state index is 12.6. The molecule has 60 valence electrons. The first-order chi connectivity index (χ1) is 5.22. The van der Waals surface area contributed by atoms with Crippen molar-refractivity contribution in [2.75, 3.05) is 6.26 Å². The highest BCUT2D eigenvalue weighted by molar-refractivity contribution is 7.97. The lowest BCUT2D eigenvalue weighted by Crippen LogP contribution is -1.90. The molecule has 0 aromatic carbocycles. The summed E-state index contributed by atoms with van der Waals surface area (Å²) in [5.41, 5.74) is 1.75. The molecule has 1 rings (SSSR count). The van der Waals surface area contributed by atoms with E-state index in [1.807, 2.05) is 12.3 Å². The first-order valence-electron chi connectivity index (χ1n) is 3.34. The lowest BCUT2D eigenvalue weighted by atomic mass is 10.2. The van der Waals surface area contributed by atoms with E-state index in [-0.39, 0.29) is 5.95 Å². The van der Waals surface area contributed by atoms with Gasteiger partial charge in [0.1, 0.15) is 0 Å². The van der Waals surface area contributed by atoms with Gasteiger partial charge < -0.3 is 0 Å². The molecule has 0 spiro atoms. The third-order valence-corrected chi connectivity index (χ3v) is 1.91. The van der Waals surface area contributed by atoms with Gasteiger partial charge in [-0.05, 0) is 30.9 Å². The van der Waals surface area contributed by atoms with Crippen LogP contribution in [-0.2, 0) is 5.75 Å². The molecule has 0 bridgehead atoms. The van der Waals surface area contributed by atoms with Gasteiger partial charge in [-0.25, -0.2) is 4.98 Å². The van der Waals surface area contributed by atoms with E-state index in [1.165, 1.54) is 6.07 Å². The summed E-state index contributed by atoms with van der Waals surface area (Å²) >= 11 is 1.68. The lowest BCUT2D eigenvalue weighted by molar-refractivity contribution is 0.578. The number of hydrogen-bond acceptors (Lipinski definition) is 2. The minimum absolute atomic E-state index is 0.381. The van der Waals surface area contributed by atoms with E-state index in [0.717, 1.165) is 17.0 Å². The molecule has 1 nitrogen and oxygen atoms in total. The van der Waals surface area contributed by atoms with Crippen molar-refractivity contribution in [2.45, 2.75) is 12.7 Å². The Bertz CT molecular complexity index is 230.